The van der Waals surface area contributed by atoms with Crippen molar-refractivity contribution in [3.05, 3.63) is 46.7 Å². The minimum absolute atomic E-state index is 0.0312. The predicted molar refractivity (Wildman–Crippen MR) is 87.2 cm³/mol. The summed E-state index contributed by atoms with van der Waals surface area (Å²) >= 11 is 1.69. The highest BCUT2D eigenvalue weighted by Gasteiger charge is 2.28. The van der Waals surface area contributed by atoms with Gasteiger partial charge in [0.15, 0.2) is 6.54 Å². The molecule has 0 bridgehead atoms. The Balaban J connectivity index is 1.71. The van der Waals surface area contributed by atoms with Gasteiger partial charge in [-0.3, -0.25) is 14.5 Å². The molecule has 1 aliphatic heterocycles. The summed E-state index contributed by atoms with van der Waals surface area (Å²) in [7, 11) is 1.99. The SMILES string of the molecule is C[NH+](CC(=O)N1CC(=O)Nc2ccccc21)Cc1cccs1. The first-order chi connectivity index (χ1) is 10.6. The highest BCUT2D eigenvalue weighted by atomic mass is 32.1. The second-order valence-corrected chi connectivity index (χ2v) is 6.47. The number of anilines is 2. The number of likely N-dealkylation sites (N-methyl/N-ethyl adjacent to an activating group) is 1. The van der Waals surface area contributed by atoms with Gasteiger partial charge in [0.1, 0.15) is 13.1 Å². The fourth-order valence-electron chi connectivity index (χ4n) is 2.58. The van der Waals surface area contributed by atoms with Crippen LogP contribution in [0, 0.1) is 0 Å². The number of thiophene rings is 1. The van der Waals surface area contributed by atoms with Crippen molar-refractivity contribution in [1.29, 1.82) is 0 Å². The summed E-state index contributed by atoms with van der Waals surface area (Å²) in [6.07, 6.45) is 0. The van der Waals surface area contributed by atoms with E-state index in [9.17, 15) is 9.59 Å². The first-order valence-corrected chi connectivity index (χ1v) is 8.04. The van der Waals surface area contributed by atoms with Crippen LogP contribution in [0.2, 0.25) is 0 Å². The zero-order chi connectivity index (χ0) is 15.5. The Morgan fingerprint density at radius 1 is 1.32 bits per heavy atom. The Kier molecular flexibility index (Phi) is 4.22. The van der Waals surface area contributed by atoms with Crippen molar-refractivity contribution in [2.75, 3.05) is 30.4 Å². The molecule has 5 nitrogen and oxygen atoms in total. The van der Waals surface area contributed by atoms with Gasteiger partial charge in [-0.25, -0.2) is 0 Å². The lowest BCUT2D eigenvalue weighted by Crippen LogP contribution is -3.08. The molecule has 0 aliphatic carbocycles. The second-order valence-electron chi connectivity index (χ2n) is 5.44. The molecular weight excluding hydrogens is 298 g/mol. The fourth-order valence-corrected chi connectivity index (χ4v) is 3.40. The largest absolute Gasteiger partial charge is 0.325 e. The Morgan fingerprint density at radius 3 is 2.91 bits per heavy atom. The number of rotatable bonds is 4. The van der Waals surface area contributed by atoms with E-state index >= 15 is 0 Å². The van der Waals surface area contributed by atoms with E-state index in [1.165, 1.54) is 4.88 Å². The van der Waals surface area contributed by atoms with Crippen molar-refractivity contribution >= 4 is 34.5 Å². The Labute approximate surface area is 133 Å². The van der Waals surface area contributed by atoms with Crippen LogP contribution in [0.3, 0.4) is 0 Å². The topological polar surface area (TPSA) is 53.9 Å². The maximum atomic E-state index is 12.6. The van der Waals surface area contributed by atoms with Crippen molar-refractivity contribution in [2.45, 2.75) is 6.54 Å². The molecule has 2 aromatic rings. The summed E-state index contributed by atoms with van der Waals surface area (Å²) in [6, 6.07) is 11.5. The number of fused-ring (bicyclic) bond motifs is 1. The first kappa shape index (κ1) is 14.7. The molecule has 6 heteroatoms. The number of nitrogens with zero attached hydrogens (tertiary/aromatic N) is 1. The van der Waals surface area contributed by atoms with Crippen molar-refractivity contribution in [3.63, 3.8) is 0 Å². The van der Waals surface area contributed by atoms with Gasteiger partial charge in [0, 0.05) is 0 Å². The molecule has 1 aromatic carbocycles. The molecule has 0 spiro atoms. The van der Waals surface area contributed by atoms with E-state index < -0.39 is 0 Å². The van der Waals surface area contributed by atoms with Gasteiger partial charge in [-0.2, -0.15) is 0 Å². The summed E-state index contributed by atoms with van der Waals surface area (Å²) in [5.41, 5.74) is 1.47. The normalized spacial score (nSPS) is 15.1. The summed E-state index contributed by atoms with van der Waals surface area (Å²) in [5.74, 6) is -0.181. The molecule has 114 valence electrons. The van der Waals surface area contributed by atoms with Crippen molar-refractivity contribution in [3.8, 4) is 0 Å². The van der Waals surface area contributed by atoms with Crippen molar-refractivity contribution in [1.82, 2.24) is 0 Å². The second kappa shape index (κ2) is 6.29. The van der Waals surface area contributed by atoms with Gasteiger partial charge in [-0.15, -0.1) is 11.3 Å². The highest BCUT2D eigenvalue weighted by molar-refractivity contribution is 7.09. The number of carbonyl (C=O) groups is 2. The minimum atomic E-state index is -0.150. The zero-order valence-electron chi connectivity index (χ0n) is 12.3. The van der Waals surface area contributed by atoms with Crippen molar-refractivity contribution < 1.29 is 14.5 Å². The molecule has 2 N–H and O–H groups in total. The third kappa shape index (κ3) is 3.18. The van der Waals surface area contributed by atoms with Gasteiger partial charge in [-0.1, -0.05) is 18.2 Å². The van der Waals surface area contributed by atoms with Crippen LogP contribution >= 0.6 is 11.3 Å². The minimum Gasteiger partial charge on any atom is -0.325 e. The fraction of sp³-hybridized carbons (Fsp3) is 0.250. The number of benzene rings is 1. The van der Waals surface area contributed by atoms with E-state index in [1.807, 2.05) is 42.8 Å². The predicted octanol–water partition coefficient (Wildman–Crippen LogP) is 0.748. The molecule has 1 unspecified atom stereocenters. The summed E-state index contributed by atoms with van der Waals surface area (Å²) in [5, 5.41) is 4.83. The van der Waals surface area contributed by atoms with Crippen LogP contribution in [0.25, 0.3) is 0 Å². The highest BCUT2D eigenvalue weighted by Crippen LogP contribution is 2.28. The van der Waals surface area contributed by atoms with Crippen LogP contribution in [-0.4, -0.2) is 32.0 Å². The van der Waals surface area contributed by atoms with Crippen LogP contribution in [-0.2, 0) is 16.1 Å². The number of para-hydroxylation sites is 2. The van der Waals surface area contributed by atoms with Crippen LogP contribution in [0.4, 0.5) is 11.4 Å². The van der Waals surface area contributed by atoms with Gasteiger partial charge in [0.05, 0.1) is 23.3 Å². The smallest absolute Gasteiger partial charge is 0.282 e. The lowest BCUT2D eigenvalue weighted by molar-refractivity contribution is -0.885. The molecule has 0 saturated heterocycles. The average Bonchev–Trinajstić information content (AvgIpc) is 2.98. The number of nitrogens with one attached hydrogen (secondary N) is 2. The van der Waals surface area contributed by atoms with Gasteiger partial charge >= 0.3 is 0 Å². The number of quaternary nitrogens is 1. The van der Waals surface area contributed by atoms with Gasteiger partial charge in [0.2, 0.25) is 5.91 Å². The van der Waals surface area contributed by atoms with E-state index in [2.05, 4.69) is 11.4 Å². The molecular formula is C16H18N3O2S+. The Morgan fingerprint density at radius 2 is 2.14 bits per heavy atom. The molecule has 2 heterocycles. The zero-order valence-corrected chi connectivity index (χ0v) is 13.2. The lowest BCUT2D eigenvalue weighted by atomic mass is 10.2. The van der Waals surface area contributed by atoms with Gasteiger partial charge in [0.25, 0.3) is 5.91 Å². The molecule has 22 heavy (non-hydrogen) atoms. The molecule has 0 fully saturated rings. The van der Waals surface area contributed by atoms with Gasteiger partial charge in [-0.05, 0) is 23.6 Å². The van der Waals surface area contributed by atoms with Crippen molar-refractivity contribution in [2.24, 2.45) is 0 Å². The number of hydrogen-bond donors (Lipinski definition) is 2. The third-order valence-electron chi connectivity index (χ3n) is 3.58. The molecule has 1 aliphatic rings. The van der Waals surface area contributed by atoms with E-state index in [-0.39, 0.29) is 18.4 Å². The molecule has 1 aromatic heterocycles. The number of carbonyl (C=O) groups excluding carboxylic acids is 2. The molecule has 3 rings (SSSR count). The van der Waals surface area contributed by atoms with Gasteiger partial charge < -0.3 is 10.2 Å². The quantitative estimate of drug-likeness (QED) is 0.874. The lowest BCUT2D eigenvalue weighted by Gasteiger charge is -2.29. The van der Waals surface area contributed by atoms with E-state index in [1.54, 1.807) is 16.2 Å². The van der Waals surface area contributed by atoms with Crippen LogP contribution in [0.1, 0.15) is 4.88 Å². The Hall–Kier alpha value is -2.18. The molecule has 2 amide bonds. The van der Waals surface area contributed by atoms with Crippen LogP contribution in [0.15, 0.2) is 41.8 Å². The maximum absolute atomic E-state index is 12.6. The van der Waals surface area contributed by atoms with Crippen LogP contribution < -0.4 is 15.1 Å². The number of amides is 2. The Bertz CT molecular complexity index is 684. The number of hydrogen-bond acceptors (Lipinski definition) is 3. The van der Waals surface area contributed by atoms with E-state index in [4.69, 9.17) is 0 Å². The average molecular weight is 316 g/mol. The standard InChI is InChI=1S/C16H17N3O2S/c1-18(9-12-5-4-8-22-12)11-16(21)19-10-15(20)17-13-6-2-3-7-14(13)19/h2-8H,9-11H2,1H3,(H,17,20)/p+1. The third-order valence-corrected chi connectivity index (χ3v) is 4.46. The van der Waals surface area contributed by atoms with E-state index in [0.717, 1.165) is 17.1 Å². The monoisotopic (exact) mass is 316 g/mol. The van der Waals surface area contributed by atoms with E-state index in [0.29, 0.717) is 12.2 Å². The first-order valence-electron chi connectivity index (χ1n) is 7.16. The van der Waals surface area contributed by atoms with Crippen LogP contribution in [0.5, 0.6) is 0 Å². The summed E-state index contributed by atoms with van der Waals surface area (Å²) < 4.78 is 0. The summed E-state index contributed by atoms with van der Waals surface area (Å²) in [6.45, 7) is 1.26. The molecule has 1 atom stereocenters. The maximum Gasteiger partial charge on any atom is 0.282 e. The summed E-state index contributed by atoms with van der Waals surface area (Å²) in [4.78, 5) is 28.3. The molecule has 0 saturated carbocycles. The molecule has 0 radical (unpaired) electrons.